The third kappa shape index (κ3) is 2.54. The van der Waals surface area contributed by atoms with Gasteiger partial charge in [0.25, 0.3) is 0 Å². The second kappa shape index (κ2) is 5.40. The maximum Gasteiger partial charge on any atom is 0.244 e. The van der Waals surface area contributed by atoms with Gasteiger partial charge in [-0.15, -0.1) is 0 Å². The molecule has 1 N–H and O–H groups in total. The molecule has 1 aromatic rings. The Balaban J connectivity index is 1.85. The van der Waals surface area contributed by atoms with Gasteiger partial charge in [-0.1, -0.05) is 12.1 Å². The molecule has 6 heteroatoms. The summed E-state index contributed by atoms with van der Waals surface area (Å²) in [6, 6.07) is 7.06. The van der Waals surface area contributed by atoms with Gasteiger partial charge in [0.2, 0.25) is 10.0 Å². The standard InChI is InChI=1S/C14H19BrN2O2S/c15-12-3-1-2-4-13(12)20(18,19)17-10-7-14(11-17)5-8-16-9-6-14/h1-4,16H,5-11H2. The first-order valence-corrected chi connectivity index (χ1v) is 9.22. The molecule has 0 unspecified atom stereocenters. The fraction of sp³-hybridized carbons (Fsp3) is 0.571. The average Bonchev–Trinajstić information content (AvgIpc) is 2.84. The summed E-state index contributed by atoms with van der Waals surface area (Å²) in [5, 5.41) is 3.35. The Labute approximate surface area is 128 Å². The van der Waals surface area contributed by atoms with Crippen molar-refractivity contribution in [3.05, 3.63) is 28.7 Å². The summed E-state index contributed by atoms with van der Waals surface area (Å²) in [7, 11) is -3.38. The number of hydrogen-bond acceptors (Lipinski definition) is 3. The van der Waals surface area contributed by atoms with Crippen molar-refractivity contribution in [1.29, 1.82) is 0 Å². The quantitative estimate of drug-likeness (QED) is 0.881. The van der Waals surface area contributed by atoms with Crippen LogP contribution in [0.4, 0.5) is 0 Å². The molecule has 2 aliphatic rings. The molecular formula is C14H19BrN2O2S. The van der Waals surface area contributed by atoms with Crippen molar-refractivity contribution in [2.75, 3.05) is 26.2 Å². The summed E-state index contributed by atoms with van der Waals surface area (Å²) in [5.74, 6) is 0. The van der Waals surface area contributed by atoms with E-state index < -0.39 is 10.0 Å². The lowest BCUT2D eigenvalue weighted by Gasteiger charge is -2.33. The topological polar surface area (TPSA) is 49.4 Å². The molecule has 20 heavy (non-hydrogen) atoms. The Bertz CT molecular complexity index is 597. The summed E-state index contributed by atoms with van der Waals surface area (Å²) in [6.45, 7) is 3.31. The molecule has 1 aromatic carbocycles. The molecule has 2 aliphatic heterocycles. The summed E-state index contributed by atoms with van der Waals surface area (Å²) < 4.78 is 27.8. The lowest BCUT2D eigenvalue weighted by atomic mass is 9.78. The zero-order valence-corrected chi connectivity index (χ0v) is 13.7. The summed E-state index contributed by atoms with van der Waals surface area (Å²) in [4.78, 5) is 0.381. The summed E-state index contributed by atoms with van der Waals surface area (Å²) in [5.41, 5.74) is 0.194. The number of sulfonamides is 1. The molecule has 2 saturated heterocycles. The molecule has 1 spiro atoms. The van der Waals surface area contributed by atoms with Crippen LogP contribution >= 0.6 is 15.9 Å². The molecule has 0 atom stereocenters. The third-order valence-corrected chi connectivity index (χ3v) is 7.38. The second-order valence-corrected chi connectivity index (χ2v) is 8.53. The molecule has 0 saturated carbocycles. The van der Waals surface area contributed by atoms with Crippen LogP contribution in [0.1, 0.15) is 19.3 Å². The minimum absolute atomic E-state index is 0.194. The number of halogens is 1. The van der Waals surface area contributed by atoms with Gasteiger partial charge in [0.15, 0.2) is 0 Å². The van der Waals surface area contributed by atoms with Gasteiger partial charge in [0, 0.05) is 17.6 Å². The maximum absolute atomic E-state index is 12.8. The zero-order chi connectivity index (χ0) is 14.2. The number of nitrogens with one attached hydrogen (secondary N) is 1. The van der Waals surface area contributed by atoms with Crippen LogP contribution in [-0.2, 0) is 10.0 Å². The lowest BCUT2D eigenvalue weighted by Crippen LogP contribution is -2.39. The van der Waals surface area contributed by atoms with Crippen LogP contribution in [0.2, 0.25) is 0 Å². The minimum atomic E-state index is -3.38. The molecule has 0 amide bonds. The van der Waals surface area contributed by atoms with Crippen molar-refractivity contribution >= 4 is 26.0 Å². The molecule has 110 valence electrons. The van der Waals surface area contributed by atoms with E-state index in [4.69, 9.17) is 0 Å². The Morgan fingerprint density at radius 1 is 1.15 bits per heavy atom. The zero-order valence-electron chi connectivity index (χ0n) is 11.3. The van der Waals surface area contributed by atoms with Gasteiger partial charge >= 0.3 is 0 Å². The first-order chi connectivity index (χ1) is 9.54. The van der Waals surface area contributed by atoms with E-state index in [1.165, 1.54) is 0 Å². The highest BCUT2D eigenvalue weighted by molar-refractivity contribution is 9.10. The lowest BCUT2D eigenvalue weighted by molar-refractivity contribution is 0.218. The van der Waals surface area contributed by atoms with Gasteiger partial charge < -0.3 is 5.32 Å². The Kier molecular flexibility index (Phi) is 3.92. The van der Waals surface area contributed by atoms with Crippen molar-refractivity contribution in [1.82, 2.24) is 9.62 Å². The Hall–Kier alpha value is -0.430. The van der Waals surface area contributed by atoms with E-state index >= 15 is 0 Å². The first kappa shape index (κ1) is 14.5. The predicted molar refractivity (Wildman–Crippen MR) is 82.1 cm³/mol. The Morgan fingerprint density at radius 2 is 1.85 bits per heavy atom. The number of rotatable bonds is 2. The molecule has 0 radical (unpaired) electrons. The van der Waals surface area contributed by atoms with E-state index in [2.05, 4.69) is 21.2 Å². The molecule has 0 aliphatic carbocycles. The van der Waals surface area contributed by atoms with Gasteiger partial charge in [0.05, 0.1) is 4.90 Å². The van der Waals surface area contributed by atoms with Gasteiger partial charge in [-0.3, -0.25) is 0 Å². The molecule has 0 bridgehead atoms. The summed E-state index contributed by atoms with van der Waals surface area (Å²) >= 11 is 3.35. The van der Waals surface area contributed by atoms with Crippen LogP contribution < -0.4 is 5.32 Å². The van der Waals surface area contributed by atoms with Crippen LogP contribution in [0.25, 0.3) is 0 Å². The molecule has 4 nitrogen and oxygen atoms in total. The van der Waals surface area contributed by atoms with Crippen LogP contribution in [-0.4, -0.2) is 38.9 Å². The SMILES string of the molecule is O=S(=O)(c1ccccc1Br)N1CCC2(CCNCC2)C1. The largest absolute Gasteiger partial charge is 0.317 e. The van der Waals surface area contributed by atoms with Gasteiger partial charge in [-0.2, -0.15) is 4.31 Å². The maximum atomic E-state index is 12.8. The van der Waals surface area contributed by atoms with Crippen molar-refractivity contribution in [2.45, 2.75) is 24.2 Å². The van der Waals surface area contributed by atoms with Crippen LogP contribution in [0.3, 0.4) is 0 Å². The highest BCUT2D eigenvalue weighted by Gasteiger charge is 2.43. The fourth-order valence-corrected chi connectivity index (χ4v) is 5.77. The van der Waals surface area contributed by atoms with Gasteiger partial charge in [0.1, 0.15) is 0 Å². The summed E-state index contributed by atoms with van der Waals surface area (Å²) in [6.07, 6.45) is 3.14. The first-order valence-electron chi connectivity index (χ1n) is 6.99. The van der Waals surface area contributed by atoms with Gasteiger partial charge in [-0.25, -0.2) is 8.42 Å². The molecular weight excluding hydrogens is 340 g/mol. The van der Waals surface area contributed by atoms with Crippen LogP contribution in [0.15, 0.2) is 33.6 Å². The van der Waals surface area contributed by atoms with E-state index in [1.54, 1.807) is 22.5 Å². The third-order valence-electron chi connectivity index (χ3n) is 4.52. The molecule has 0 aromatic heterocycles. The van der Waals surface area contributed by atoms with Crippen molar-refractivity contribution in [2.24, 2.45) is 5.41 Å². The van der Waals surface area contributed by atoms with Crippen LogP contribution in [0.5, 0.6) is 0 Å². The monoisotopic (exact) mass is 358 g/mol. The molecule has 3 rings (SSSR count). The van der Waals surface area contributed by atoms with Crippen LogP contribution in [0, 0.1) is 5.41 Å². The van der Waals surface area contributed by atoms with E-state index in [9.17, 15) is 8.42 Å². The predicted octanol–water partition coefficient (Wildman–Crippen LogP) is 2.21. The average molecular weight is 359 g/mol. The smallest absolute Gasteiger partial charge is 0.244 e. The van der Waals surface area contributed by atoms with E-state index in [0.717, 1.165) is 32.4 Å². The Morgan fingerprint density at radius 3 is 2.55 bits per heavy atom. The number of benzene rings is 1. The normalized spacial score (nSPS) is 23.2. The molecule has 2 heterocycles. The van der Waals surface area contributed by atoms with E-state index in [1.807, 2.05) is 6.07 Å². The highest BCUT2D eigenvalue weighted by atomic mass is 79.9. The van der Waals surface area contributed by atoms with Crippen molar-refractivity contribution in [3.8, 4) is 0 Å². The second-order valence-electron chi connectivity index (χ2n) is 5.77. The number of nitrogens with zero attached hydrogens (tertiary/aromatic N) is 1. The van der Waals surface area contributed by atoms with Gasteiger partial charge in [-0.05, 0) is 65.8 Å². The highest BCUT2D eigenvalue weighted by Crippen LogP contribution is 2.41. The van der Waals surface area contributed by atoms with Crippen molar-refractivity contribution < 1.29 is 8.42 Å². The molecule has 2 fully saturated rings. The van der Waals surface area contributed by atoms with E-state index in [0.29, 0.717) is 22.5 Å². The van der Waals surface area contributed by atoms with E-state index in [-0.39, 0.29) is 5.41 Å². The minimum Gasteiger partial charge on any atom is -0.317 e. The van der Waals surface area contributed by atoms with Crippen molar-refractivity contribution in [3.63, 3.8) is 0 Å². The number of hydrogen-bond donors (Lipinski definition) is 1. The number of piperidine rings is 1. The fourth-order valence-electron chi connectivity index (χ4n) is 3.26.